The molecule has 4 rings (SSSR count). The Hall–Kier alpha value is -4.48. The van der Waals surface area contributed by atoms with Gasteiger partial charge < -0.3 is 19.9 Å². The molecule has 4 aromatic rings. The molecule has 1 unspecified atom stereocenters. The monoisotopic (exact) mass is 537 g/mol. The van der Waals surface area contributed by atoms with Crippen LogP contribution in [0.15, 0.2) is 72.2 Å². The van der Waals surface area contributed by atoms with Crippen molar-refractivity contribution in [3.63, 3.8) is 0 Å². The van der Waals surface area contributed by atoms with Gasteiger partial charge in [0.05, 0.1) is 24.6 Å². The molecule has 196 valence electrons. The summed E-state index contributed by atoms with van der Waals surface area (Å²) in [5.41, 5.74) is 1.77. The van der Waals surface area contributed by atoms with Crippen LogP contribution in [0, 0.1) is 0 Å². The van der Waals surface area contributed by atoms with Gasteiger partial charge in [-0.05, 0) is 42.5 Å². The first-order valence-electron chi connectivity index (χ1n) is 11.4. The van der Waals surface area contributed by atoms with Gasteiger partial charge in [-0.15, -0.1) is 10.2 Å². The van der Waals surface area contributed by atoms with Crippen molar-refractivity contribution in [1.29, 1.82) is 0 Å². The number of halogens is 1. The fourth-order valence-corrected chi connectivity index (χ4v) is 4.14. The second-order valence-corrected chi connectivity index (χ2v) is 8.64. The molecule has 0 spiro atoms. The number of nitrogens with one attached hydrogen (secondary N) is 1. The molecular formula is C26H24ClN5O6. The molecule has 0 aliphatic carbocycles. The minimum Gasteiger partial charge on any atom is -0.495 e. The predicted molar refractivity (Wildman–Crippen MR) is 140 cm³/mol. The number of amides is 1. The first kappa shape index (κ1) is 26.6. The van der Waals surface area contributed by atoms with Crippen LogP contribution in [0.2, 0.25) is 5.02 Å². The standard InChI is InChI=1S/C26H24ClN5O6/c1-37-10-9-22(25(34)30-18-6-3-16(4-7-18)26(35)36)32-13-23(38-2)20(12-24(32)33)19-11-17(27)5-8-21(19)31-14-28-29-15-31/h3-8,11-15,22H,9-10H2,1-2H3,(H,30,34)(H,35,36). The first-order valence-corrected chi connectivity index (χ1v) is 11.8. The van der Waals surface area contributed by atoms with Crippen molar-refractivity contribution in [3.05, 3.63) is 88.3 Å². The Morgan fingerprint density at radius 1 is 1.05 bits per heavy atom. The van der Waals surface area contributed by atoms with Crippen LogP contribution >= 0.6 is 11.6 Å². The number of anilines is 1. The van der Waals surface area contributed by atoms with Gasteiger partial charge in [0.1, 0.15) is 24.4 Å². The minimum atomic E-state index is -1.08. The second-order valence-electron chi connectivity index (χ2n) is 8.20. The normalized spacial score (nSPS) is 11.7. The molecule has 0 saturated heterocycles. The summed E-state index contributed by atoms with van der Waals surface area (Å²) in [6.45, 7) is 0.207. The molecular weight excluding hydrogens is 514 g/mol. The van der Waals surface area contributed by atoms with Crippen molar-refractivity contribution in [3.8, 4) is 22.6 Å². The van der Waals surface area contributed by atoms with Gasteiger partial charge in [-0.2, -0.15) is 0 Å². The number of aromatic nitrogens is 4. The number of aromatic carboxylic acids is 1. The highest BCUT2D eigenvalue weighted by atomic mass is 35.5. The molecule has 0 fully saturated rings. The van der Waals surface area contributed by atoms with Gasteiger partial charge in [0, 0.05) is 48.0 Å². The molecule has 2 N–H and O–H groups in total. The van der Waals surface area contributed by atoms with Gasteiger partial charge in [-0.25, -0.2) is 4.79 Å². The molecule has 0 saturated carbocycles. The maximum atomic E-state index is 13.4. The van der Waals surface area contributed by atoms with Crippen LogP contribution < -0.4 is 15.6 Å². The zero-order valence-electron chi connectivity index (χ0n) is 20.5. The molecule has 1 atom stereocenters. The highest BCUT2D eigenvalue weighted by Gasteiger charge is 2.24. The van der Waals surface area contributed by atoms with Crippen LogP contribution in [0.5, 0.6) is 5.75 Å². The van der Waals surface area contributed by atoms with Crippen molar-refractivity contribution in [2.45, 2.75) is 12.5 Å². The number of carboxylic acid groups (broad SMARTS) is 1. The first-order chi connectivity index (χ1) is 18.3. The van der Waals surface area contributed by atoms with E-state index in [9.17, 15) is 14.4 Å². The van der Waals surface area contributed by atoms with Crippen molar-refractivity contribution < 1.29 is 24.2 Å². The third-order valence-corrected chi connectivity index (χ3v) is 6.08. The number of hydrogen-bond acceptors (Lipinski definition) is 7. The van der Waals surface area contributed by atoms with E-state index in [4.69, 9.17) is 26.2 Å². The van der Waals surface area contributed by atoms with E-state index in [0.717, 1.165) is 0 Å². The lowest BCUT2D eigenvalue weighted by atomic mass is 10.0. The predicted octanol–water partition coefficient (Wildman–Crippen LogP) is 3.67. The number of carboxylic acids is 1. The Labute approximate surface area is 222 Å². The molecule has 11 nitrogen and oxygen atoms in total. The molecule has 12 heteroatoms. The summed E-state index contributed by atoms with van der Waals surface area (Å²) in [5.74, 6) is -1.22. The molecule has 38 heavy (non-hydrogen) atoms. The van der Waals surface area contributed by atoms with Gasteiger partial charge >= 0.3 is 5.97 Å². The lowest BCUT2D eigenvalue weighted by molar-refractivity contribution is -0.119. The highest BCUT2D eigenvalue weighted by Crippen LogP contribution is 2.35. The van der Waals surface area contributed by atoms with E-state index in [0.29, 0.717) is 33.3 Å². The number of rotatable bonds is 10. The number of pyridine rings is 1. The van der Waals surface area contributed by atoms with Crippen molar-refractivity contribution in [2.75, 3.05) is 26.1 Å². The van der Waals surface area contributed by atoms with Gasteiger partial charge in [0.25, 0.3) is 5.56 Å². The van der Waals surface area contributed by atoms with Crippen LogP contribution in [0.4, 0.5) is 5.69 Å². The molecule has 2 heterocycles. The fraction of sp³-hybridized carbons (Fsp3) is 0.192. The van der Waals surface area contributed by atoms with Crippen LogP contribution in [-0.2, 0) is 9.53 Å². The van der Waals surface area contributed by atoms with E-state index < -0.39 is 23.5 Å². The van der Waals surface area contributed by atoms with Crippen molar-refractivity contribution in [1.82, 2.24) is 19.3 Å². The van der Waals surface area contributed by atoms with E-state index in [1.54, 1.807) is 22.8 Å². The average Bonchev–Trinajstić information content (AvgIpc) is 3.44. The fourth-order valence-electron chi connectivity index (χ4n) is 3.97. The maximum absolute atomic E-state index is 13.4. The lowest BCUT2D eigenvalue weighted by Gasteiger charge is -2.21. The number of benzene rings is 2. The summed E-state index contributed by atoms with van der Waals surface area (Å²) >= 11 is 6.28. The highest BCUT2D eigenvalue weighted by molar-refractivity contribution is 6.31. The summed E-state index contributed by atoms with van der Waals surface area (Å²) in [7, 11) is 2.96. The van der Waals surface area contributed by atoms with Crippen molar-refractivity contribution in [2.24, 2.45) is 0 Å². The van der Waals surface area contributed by atoms with Crippen molar-refractivity contribution >= 4 is 29.2 Å². The lowest BCUT2D eigenvalue weighted by Crippen LogP contribution is -2.34. The zero-order chi connectivity index (χ0) is 27.2. The molecule has 0 radical (unpaired) electrons. The molecule has 1 amide bonds. The molecule has 0 bridgehead atoms. The summed E-state index contributed by atoms with van der Waals surface area (Å²) < 4.78 is 13.8. The average molecular weight is 538 g/mol. The van der Waals surface area contributed by atoms with E-state index in [1.807, 2.05) is 0 Å². The molecule has 0 aliphatic rings. The number of nitrogens with zero attached hydrogens (tertiary/aromatic N) is 4. The Bertz CT molecular complexity index is 1500. The summed E-state index contributed by atoms with van der Waals surface area (Å²) in [5, 5.41) is 20.0. The SMILES string of the molecule is COCCC(C(=O)Nc1ccc(C(=O)O)cc1)n1cc(OC)c(-c2cc(Cl)ccc2-n2cnnc2)cc1=O. The number of ether oxygens (including phenoxy) is 2. The second kappa shape index (κ2) is 11.7. The van der Waals surface area contributed by atoms with E-state index >= 15 is 0 Å². The van der Waals surface area contributed by atoms with Gasteiger partial charge in [0.15, 0.2) is 0 Å². The molecule has 2 aromatic heterocycles. The Balaban J connectivity index is 1.74. The Morgan fingerprint density at radius 3 is 2.39 bits per heavy atom. The van der Waals surface area contributed by atoms with E-state index in [1.165, 1.54) is 68.0 Å². The maximum Gasteiger partial charge on any atom is 0.335 e. The largest absolute Gasteiger partial charge is 0.495 e. The van der Waals surface area contributed by atoms with E-state index in [-0.39, 0.29) is 18.6 Å². The quantitative estimate of drug-likeness (QED) is 0.312. The summed E-state index contributed by atoms with van der Waals surface area (Å²) in [6.07, 6.45) is 4.71. The van der Waals surface area contributed by atoms with Gasteiger partial charge in [0.2, 0.25) is 5.91 Å². The number of hydrogen-bond donors (Lipinski definition) is 2. The number of carbonyl (C=O) groups excluding carboxylic acids is 1. The van der Waals surface area contributed by atoms with Crippen LogP contribution in [0.3, 0.4) is 0 Å². The summed E-state index contributed by atoms with van der Waals surface area (Å²) in [6, 6.07) is 11.3. The Kier molecular flexibility index (Phi) is 8.19. The molecule has 2 aromatic carbocycles. The van der Waals surface area contributed by atoms with Crippen LogP contribution in [-0.4, -0.2) is 57.1 Å². The molecule has 0 aliphatic heterocycles. The number of carbonyl (C=O) groups is 2. The Morgan fingerprint density at radius 2 is 1.76 bits per heavy atom. The topological polar surface area (TPSA) is 138 Å². The third-order valence-electron chi connectivity index (χ3n) is 5.84. The van der Waals surface area contributed by atoms with Gasteiger partial charge in [-0.3, -0.25) is 18.7 Å². The minimum absolute atomic E-state index is 0.0855. The van der Waals surface area contributed by atoms with Crippen LogP contribution in [0.25, 0.3) is 16.8 Å². The smallest absolute Gasteiger partial charge is 0.335 e. The zero-order valence-corrected chi connectivity index (χ0v) is 21.3. The van der Waals surface area contributed by atoms with Crippen LogP contribution in [0.1, 0.15) is 22.8 Å². The number of methoxy groups -OCH3 is 2. The third kappa shape index (κ3) is 5.74. The summed E-state index contributed by atoms with van der Waals surface area (Å²) in [4.78, 5) is 37.8. The van der Waals surface area contributed by atoms with E-state index in [2.05, 4.69) is 15.5 Å². The van der Waals surface area contributed by atoms with Gasteiger partial charge in [-0.1, -0.05) is 11.6 Å².